The zero-order valence-electron chi connectivity index (χ0n) is 12.0. The lowest BCUT2D eigenvalue weighted by molar-refractivity contribution is 0.0400. The highest BCUT2D eigenvalue weighted by Crippen LogP contribution is 2.38. The summed E-state index contributed by atoms with van der Waals surface area (Å²) < 4.78 is 11.3. The van der Waals surface area contributed by atoms with E-state index < -0.39 is 12.1 Å². The maximum Gasteiger partial charge on any atom is 0.137 e. The van der Waals surface area contributed by atoms with Crippen LogP contribution in [0.15, 0.2) is 16.6 Å². The number of rotatable bonds is 4. The van der Waals surface area contributed by atoms with Crippen LogP contribution in [0.3, 0.4) is 0 Å². The summed E-state index contributed by atoms with van der Waals surface area (Å²) in [5.41, 5.74) is 6.62. The average molecular weight is 332 g/mol. The van der Waals surface area contributed by atoms with E-state index in [9.17, 15) is 5.11 Å². The Balaban J connectivity index is 3.20. The van der Waals surface area contributed by atoms with Crippen LogP contribution in [0.25, 0.3) is 0 Å². The van der Waals surface area contributed by atoms with Gasteiger partial charge in [-0.3, -0.25) is 0 Å². The minimum Gasteiger partial charge on any atom is -0.495 e. The minimum atomic E-state index is -0.664. The average Bonchev–Trinajstić information content (AvgIpc) is 2.36. The third-order valence-electron chi connectivity index (χ3n) is 3.08. The van der Waals surface area contributed by atoms with Gasteiger partial charge in [0.25, 0.3) is 0 Å². The fourth-order valence-corrected chi connectivity index (χ4v) is 2.36. The highest BCUT2D eigenvalue weighted by molar-refractivity contribution is 9.10. The van der Waals surface area contributed by atoms with E-state index in [4.69, 9.17) is 15.2 Å². The third-order valence-corrected chi connectivity index (χ3v) is 3.86. The molecule has 0 heterocycles. The molecule has 0 unspecified atom stereocenters. The van der Waals surface area contributed by atoms with Gasteiger partial charge in [0.05, 0.1) is 26.4 Å². The Bertz CT molecular complexity index is 418. The largest absolute Gasteiger partial charge is 0.495 e. The lowest BCUT2D eigenvalue weighted by atomic mass is 9.82. The molecule has 0 aromatic heterocycles. The van der Waals surface area contributed by atoms with E-state index in [0.29, 0.717) is 11.5 Å². The van der Waals surface area contributed by atoms with Crippen molar-refractivity contribution in [2.45, 2.75) is 32.9 Å². The molecule has 0 saturated carbocycles. The number of aliphatic hydroxyl groups excluding tert-OH is 1. The van der Waals surface area contributed by atoms with Gasteiger partial charge in [0.1, 0.15) is 16.0 Å². The van der Waals surface area contributed by atoms with Crippen LogP contribution < -0.4 is 15.2 Å². The molecule has 1 rings (SSSR count). The van der Waals surface area contributed by atoms with E-state index in [1.54, 1.807) is 14.2 Å². The van der Waals surface area contributed by atoms with Gasteiger partial charge in [-0.25, -0.2) is 0 Å². The number of hydrogen-bond donors (Lipinski definition) is 2. The fraction of sp³-hybridized carbons (Fsp3) is 0.571. The Morgan fingerprint density at radius 2 is 1.58 bits per heavy atom. The molecule has 0 aliphatic rings. The topological polar surface area (TPSA) is 64.7 Å². The van der Waals surface area contributed by atoms with Crippen molar-refractivity contribution in [1.82, 2.24) is 0 Å². The minimum absolute atomic E-state index is 0.299. The Hall–Kier alpha value is -0.780. The summed E-state index contributed by atoms with van der Waals surface area (Å²) in [7, 11) is 3.16. The van der Waals surface area contributed by atoms with Gasteiger partial charge in [-0.05, 0) is 39.0 Å². The van der Waals surface area contributed by atoms with E-state index in [1.807, 2.05) is 32.9 Å². The molecule has 4 nitrogen and oxygen atoms in total. The first-order valence-electron chi connectivity index (χ1n) is 6.07. The third kappa shape index (κ3) is 3.61. The van der Waals surface area contributed by atoms with Crippen molar-refractivity contribution in [3.63, 3.8) is 0 Å². The highest BCUT2D eigenvalue weighted by atomic mass is 79.9. The van der Waals surface area contributed by atoms with Crippen LogP contribution in [0, 0.1) is 5.41 Å². The molecule has 1 aromatic carbocycles. The molecule has 0 bridgehead atoms. The van der Waals surface area contributed by atoms with Crippen LogP contribution in [0.1, 0.15) is 32.4 Å². The van der Waals surface area contributed by atoms with Crippen LogP contribution >= 0.6 is 15.9 Å². The summed E-state index contributed by atoms with van der Waals surface area (Å²) in [5.74, 6) is 1.26. The molecule has 0 aliphatic heterocycles. The summed E-state index contributed by atoms with van der Waals surface area (Å²) in [5, 5.41) is 10.3. The highest BCUT2D eigenvalue weighted by Gasteiger charge is 2.30. The number of ether oxygens (including phenoxy) is 2. The second-order valence-corrected chi connectivity index (χ2v) is 6.37. The molecule has 0 saturated heterocycles. The van der Waals surface area contributed by atoms with E-state index >= 15 is 0 Å². The van der Waals surface area contributed by atoms with E-state index in [2.05, 4.69) is 15.9 Å². The second kappa shape index (κ2) is 6.11. The van der Waals surface area contributed by atoms with E-state index in [-0.39, 0.29) is 5.41 Å². The van der Waals surface area contributed by atoms with Crippen molar-refractivity contribution in [2.75, 3.05) is 14.2 Å². The van der Waals surface area contributed by atoms with Crippen LogP contribution in [0.2, 0.25) is 0 Å². The van der Waals surface area contributed by atoms with Crippen LogP contribution in [-0.2, 0) is 0 Å². The van der Waals surface area contributed by atoms with Gasteiger partial charge in [-0.1, -0.05) is 20.8 Å². The number of halogens is 1. The number of hydrogen-bond acceptors (Lipinski definition) is 4. The van der Waals surface area contributed by atoms with E-state index in [0.717, 1.165) is 10.0 Å². The first-order valence-corrected chi connectivity index (χ1v) is 6.86. The number of methoxy groups -OCH3 is 2. The van der Waals surface area contributed by atoms with Gasteiger partial charge in [0, 0.05) is 0 Å². The standard InChI is InChI=1S/C14H22BrNO3/c1-14(2,3)13(17)12(16)8-6-9(18-4)11(15)10(7-8)19-5/h6-7,12-13,17H,16H2,1-5H3/t12-,13-/m0/s1. The molecule has 0 radical (unpaired) electrons. The number of benzene rings is 1. The Labute approximate surface area is 123 Å². The molecular formula is C14H22BrNO3. The van der Waals surface area contributed by atoms with Crippen molar-refractivity contribution in [1.29, 1.82) is 0 Å². The molecule has 2 atom stereocenters. The van der Waals surface area contributed by atoms with Crippen LogP contribution in [0.5, 0.6) is 11.5 Å². The molecule has 0 spiro atoms. The summed E-state index contributed by atoms with van der Waals surface area (Å²) in [6.07, 6.45) is -0.664. The van der Waals surface area contributed by atoms with Crippen molar-refractivity contribution < 1.29 is 14.6 Å². The maximum absolute atomic E-state index is 10.3. The molecule has 0 fully saturated rings. The van der Waals surface area contributed by atoms with Crippen molar-refractivity contribution in [3.05, 3.63) is 22.2 Å². The van der Waals surface area contributed by atoms with Crippen molar-refractivity contribution >= 4 is 15.9 Å². The number of aliphatic hydroxyl groups is 1. The van der Waals surface area contributed by atoms with E-state index in [1.165, 1.54) is 0 Å². The molecule has 1 aromatic rings. The molecule has 5 heteroatoms. The molecule has 19 heavy (non-hydrogen) atoms. The lowest BCUT2D eigenvalue weighted by Crippen LogP contribution is -2.37. The molecule has 0 aliphatic carbocycles. The van der Waals surface area contributed by atoms with Gasteiger partial charge in [0.2, 0.25) is 0 Å². The summed E-state index contributed by atoms with van der Waals surface area (Å²) in [4.78, 5) is 0. The normalized spacial score (nSPS) is 14.9. The summed E-state index contributed by atoms with van der Waals surface area (Å²) in [6, 6.07) is 3.12. The van der Waals surface area contributed by atoms with Gasteiger partial charge in [-0.2, -0.15) is 0 Å². The van der Waals surface area contributed by atoms with Crippen molar-refractivity contribution in [3.8, 4) is 11.5 Å². The number of nitrogens with two attached hydrogens (primary N) is 1. The Morgan fingerprint density at radius 3 is 1.89 bits per heavy atom. The van der Waals surface area contributed by atoms with Crippen LogP contribution in [-0.4, -0.2) is 25.4 Å². The first kappa shape index (κ1) is 16.3. The second-order valence-electron chi connectivity index (χ2n) is 5.58. The molecule has 0 amide bonds. The first-order chi connectivity index (χ1) is 8.72. The smallest absolute Gasteiger partial charge is 0.137 e. The SMILES string of the molecule is COc1cc([C@H](N)[C@H](O)C(C)(C)C)cc(OC)c1Br. The van der Waals surface area contributed by atoms with Crippen LogP contribution in [0.4, 0.5) is 0 Å². The zero-order valence-corrected chi connectivity index (χ0v) is 13.6. The predicted molar refractivity (Wildman–Crippen MR) is 79.6 cm³/mol. The van der Waals surface area contributed by atoms with Gasteiger partial charge < -0.3 is 20.3 Å². The van der Waals surface area contributed by atoms with Gasteiger partial charge in [-0.15, -0.1) is 0 Å². The summed E-state index contributed by atoms with van der Waals surface area (Å²) in [6.45, 7) is 5.85. The van der Waals surface area contributed by atoms with Gasteiger partial charge in [0.15, 0.2) is 0 Å². The quantitative estimate of drug-likeness (QED) is 0.890. The Kier molecular flexibility index (Phi) is 5.24. The maximum atomic E-state index is 10.3. The Morgan fingerprint density at radius 1 is 1.16 bits per heavy atom. The molecule has 3 N–H and O–H groups in total. The molecular weight excluding hydrogens is 310 g/mol. The predicted octanol–water partition coefficient (Wildman–Crippen LogP) is 2.87. The van der Waals surface area contributed by atoms with Crippen molar-refractivity contribution in [2.24, 2.45) is 11.1 Å². The van der Waals surface area contributed by atoms with Gasteiger partial charge >= 0.3 is 0 Å². The zero-order chi connectivity index (χ0) is 14.8. The fourth-order valence-electron chi connectivity index (χ4n) is 1.80. The monoisotopic (exact) mass is 331 g/mol. The molecule has 108 valence electrons. The lowest BCUT2D eigenvalue weighted by Gasteiger charge is -2.31. The summed E-state index contributed by atoms with van der Waals surface area (Å²) >= 11 is 3.41.